The van der Waals surface area contributed by atoms with Crippen molar-refractivity contribution in [1.82, 2.24) is 10.2 Å². The van der Waals surface area contributed by atoms with E-state index in [1.807, 2.05) is 30.3 Å². The second kappa shape index (κ2) is 5.98. The lowest BCUT2D eigenvalue weighted by Crippen LogP contribution is -2.70. The van der Waals surface area contributed by atoms with Crippen LogP contribution in [0.3, 0.4) is 0 Å². The van der Waals surface area contributed by atoms with Crippen LogP contribution in [0.1, 0.15) is 19.4 Å². The molecule has 2 aliphatic heterocycles. The third kappa shape index (κ3) is 2.80. The Morgan fingerprint density at radius 2 is 1.96 bits per heavy atom. The highest BCUT2D eigenvalue weighted by Gasteiger charge is 2.64. The van der Waals surface area contributed by atoms with Crippen LogP contribution in [0.4, 0.5) is 0 Å². The number of β-lactam (4-membered cyclic amide) rings is 1. The van der Waals surface area contributed by atoms with Crippen LogP contribution < -0.4 is 5.32 Å². The maximum Gasteiger partial charge on any atom is 0.327 e. The summed E-state index contributed by atoms with van der Waals surface area (Å²) in [7, 11) is 0. The van der Waals surface area contributed by atoms with Crippen LogP contribution in [-0.4, -0.2) is 50.0 Å². The number of thioether (sulfide) groups is 1. The number of carboxylic acids is 1. The quantitative estimate of drug-likeness (QED) is 0.634. The van der Waals surface area contributed by atoms with Gasteiger partial charge < -0.3 is 15.3 Å². The molecule has 6 nitrogen and oxygen atoms in total. The standard InChI is InChI=1S/C17H18N2O4S/c1-17(2)13(16(22)23)19-14(21)12(15(19)24-17)18-11(20)9-8-10-6-4-3-5-7-10/h3-9,12-13,15H,1-2H3,(H,18,20)(H,22,23)/b9-8-/t12-,13-,15+/m1/s1. The monoisotopic (exact) mass is 346 g/mol. The molecule has 0 radical (unpaired) electrons. The van der Waals surface area contributed by atoms with E-state index in [0.717, 1.165) is 5.56 Å². The zero-order valence-corrected chi connectivity index (χ0v) is 14.1. The zero-order chi connectivity index (χ0) is 17.5. The van der Waals surface area contributed by atoms with Gasteiger partial charge in [0.1, 0.15) is 17.5 Å². The number of carbonyl (C=O) groups is 3. The Labute approximate surface area is 143 Å². The summed E-state index contributed by atoms with van der Waals surface area (Å²) in [6, 6.07) is 7.82. The Morgan fingerprint density at radius 3 is 2.58 bits per heavy atom. The van der Waals surface area contributed by atoms with Gasteiger partial charge in [-0.3, -0.25) is 9.59 Å². The summed E-state index contributed by atoms with van der Waals surface area (Å²) in [5.41, 5.74) is 0.886. The number of carbonyl (C=O) groups excluding carboxylic acids is 2. The molecular formula is C17H18N2O4S. The Balaban J connectivity index is 1.66. The minimum Gasteiger partial charge on any atom is -0.480 e. The summed E-state index contributed by atoms with van der Waals surface area (Å²) in [5.74, 6) is -1.72. The lowest BCUT2D eigenvalue weighted by molar-refractivity contribution is -0.160. The van der Waals surface area contributed by atoms with E-state index in [4.69, 9.17) is 0 Å². The van der Waals surface area contributed by atoms with Gasteiger partial charge in [-0.2, -0.15) is 0 Å². The number of fused-ring (bicyclic) bond motifs is 1. The molecule has 0 bridgehead atoms. The molecule has 2 aliphatic rings. The molecule has 2 fully saturated rings. The molecule has 3 atom stereocenters. The fraction of sp³-hybridized carbons (Fsp3) is 0.353. The first-order chi connectivity index (χ1) is 11.3. The predicted molar refractivity (Wildman–Crippen MR) is 91.1 cm³/mol. The van der Waals surface area contributed by atoms with Crippen LogP contribution in [-0.2, 0) is 14.4 Å². The van der Waals surface area contributed by atoms with E-state index in [2.05, 4.69) is 5.32 Å². The van der Waals surface area contributed by atoms with Crippen molar-refractivity contribution < 1.29 is 19.5 Å². The first-order valence-electron chi connectivity index (χ1n) is 7.58. The Morgan fingerprint density at radius 1 is 1.29 bits per heavy atom. The molecule has 1 aromatic rings. The maximum absolute atomic E-state index is 12.3. The fourth-order valence-electron chi connectivity index (χ4n) is 3.08. The van der Waals surface area contributed by atoms with Crippen molar-refractivity contribution in [2.24, 2.45) is 0 Å². The number of benzene rings is 1. The maximum atomic E-state index is 12.3. The van der Waals surface area contributed by atoms with Crippen molar-refractivity contribution >= 4 is 35.6 Å². The highest BCUT2D eigenvalue weighted by atomic mass is 32.2. The summed E-state index contributed by atoms with van der Waals surface area (Å²) >= 11 is 1.41. The average molecular weight is 346 g/mol. The van der Waals surface area contributed by atoms with Crippen molar-refractivity contribution in [3.63, 3.8) is 0 Å². The minimum absolute atomic E-state index is 0.331. The molecule has 7 heteroatoms. The van der Waals surface area contributed by atoms with Gasteiger partial charge in [-0.25, -0.2) is 4.79 Å². The highest BCUT2D eigenvalue weighted by molar-refractivity contribution is 8.01. The van der Waals surface area contributed by atoms with E-state index >= 15 is 0 Å². The molecule has 2 heterocycles. The normalized spacial score (nSPS) is 27.7. The topological polar surface area (TPSA) is 86.7 Å². The van der Waals surface area contributed by atoms with Gasteiger partial charge in [0.15, 0.2) is 0 Å². The molecule has 24 heavy (non-hydrogen) atoms. The molecule has 0 unspecified atom stereocenters. The lowest BCUT2D eigenvalue weighted by atomic mass is 9.96. The first-order valence-corrected chi connectivity index (χ1v) is 8.45. The Kier molecular flexibility index (Phi) is 4.13. The summed E-state index contributed by atoms with van der Waals surface area (Å²) in [6.07, 6.45) is 3.05. The van der Waals surface area contributed by atoms with Gasteiger partial charge >= 0.3 is 5.97 Å². The number of amides is 2. The van der Waals surface area contributed by atoms with Gasteiger partial charge in [0.05, 0.1) is 0 Å². The second-order valence-corrected chi connectivity index (χ2v) is 8.10. The molecule has 126 valence electrons. The SMILES string of the molecule is CC1(C)S[C@H]2[C@H](NC(=O)/C=C\c3ccccc3)C(=O)N2[C@@H]1C(=O)O. The number of nitrogens with zero attached hydrogens (tertiary/aromatic N) is 1. The van der Waals surface area contributed by atoms with Crippen LogP contribution in [0.25, 0.3) is 6.08 Å². The molecule has 3 rings (SSSR count). The summed E-state index contributed by atoms with van der Waals surface area (Å²) < 4.78 is -0.592. The van der Waals surface area contributed by atoms with Gasteiger partial charge in [-0.05, 0) is 25.5 Å². The molecule has 0 saturated carbocycles. The number of carboxylic acid groups (broad SMARTS) is 1. The number of rotatable bonds is 4. The number of aliphatic carboxylic acids is 1. The summed E-state index contributed by atoms with van der Waals surface area (Å²) in [6.45, 7) is 3.60. The van der Waals surface area contributed by atoms with E-state index in [-0.39, 0.29) is 17.2 Å². The molecule has 0 spiro atoms. The van der Waals surface area contributed by atoms with Crippen molar-refractivity contribution in [3.05, 3.63) is 42.0 Å². The molecule has 2 amide bonds. The predicted octanol–water partition coefficient (Wildman–Crippen LogP) is 1.33. The van der Waals surface area contributed by atoms with Crippen molar-refractivity contribution in [2.45, 2.75) is 36.1 Å². The van der Waals surface area contributed by atoms with Crippen LogP contribution >= 0.6 is 11.8 Å². The van der Waals surface area contributed by atoms with E-state index < -0.39 is 22.8 Å². The van der Waals surface area contributed by atoms with Gasteiger partial charge in [0.25, 0.3) is 0 Å². The molecule has 1 aromatic carbocycles. The van der Waals surface area contributed by atoms with Crippen LogP contribution in [0, 0.1) is 0 Å². The smallest absolute Gasteiger partial charge is 0.327 e. The largest absolute Gasteiger partial charge is 0.480 e. The molecule has 2 N–H and O–H groups in total. The van der Waals surface area contributed by atoms with E-state index in [9.17, 15) is 19.5 Å². The van der Waals surface area contributed by atoms with Crippen LogP contribution in [0.15, 0.2) is 36.4 Å². The van der Waals surface area contributed by atoms with Gasteiger partial charge in [-0.15, -0.1) is 11.8 Å². The van der Waals surface area contributed by atoms with Crippen molar-refractivity contribution in [3.8, 4) is 0 Å². The molecule has 2 saturated heterocycles. The van der Waals surface area contributed by atoms with Crippen LogP contribution in [0.5, 0.6) is 0 Å². The number of nitrogens with one attached hydrogen (secondary N) is 1. The number of hydrogen-bond acceptors (Lipinski definition) is 4. The van der Waals surface area contributed by atoms with Gasteiger partial charge in [0, 0.05) is 10.8 Å². The average Bonchev–Trinajstić information content (AvgIpc) is 2.80. The number of hydrogen-bond donors (Lipinski definition) is 2. The van der Waals surface area contributed by atoms with E-state index in [1.54, 1.807) is 19.9 Å². The minimum atomic E-state index is -1.02. The first kappa shape index (κ1) is 16.6. The van der Waals surface area contributed by atoms with Gasteiger partial charge in [0.2, 0.25) is 11.8 Å². The second-order valence-electron chi connectivity index (χ2n) is 6.33. The highest BCUT2D eigenvalue weighted by Crippen LogP contribution is 2.50. The fourth-order valence-corrected chi connectivity index (χ4v) is 4.71. The van der Waals surface area contributed by atoms with Crippen molar-refractivity contribution in [2.75, 3.05) is 0 Å². The summed E-state index contributed by atoms with van der Waals surface area (Å²) in [5, 5.41) is 11.7. The molecular weight excluding hydrogens is 328 g/mol. The van der Waals surface area contributed by atoms with Crippen molar-refractivity contribution in [1.29, 1.82) is 0 Å². The lowest BCUT2D eigenvalue weighted by Gasteiger charge is -2.43. The zero-order valence-electron chi connectivity index (χ0n) is 13.3. The van der Waals surface area contributed by atoms with Crippen LogP contribution in [0.2, 0.25) is 0 Å². The molecule has 0 aliphatic carbocycles. The Hall–Kier alpha value is -2.28. The van der Waals surface area contributed by atoms with E-state index in [1.165, 1.54) is 22.7 Å². The van der Waals surface area contributed by atoms with E-state index in [0.29, 0.717) is 0 Å². The summed E-state index contributed by atoms with van der Waals surface area (Å²) in [4.78, 5) is 37.1. The van der Waals surface area contributed by atoms with Gasteiger partial charge in [-0.1, -0.05) is 30.3 Å². The molecule has 0 aromatic heterocycles. The Bertz CT molecular complexity index is 717. The third-order valence-electron chi connectivity index (χ3n) is 4.20. The third-order valence-corrected chi connectivity index (χ3v) is 5.77.